The van der Waals surface area contributed by atoms with Gasteiger partial charge in [0.25, 0.3) is 0 Å². The molecule has 2 aliphatic heterocycles. The zero-order valence-electron chi connectivity index (χ0n) is 14.0. The molecule has 1 amide bonds. The van der Waals surface area contributed by atoms with E-state index in [9.17, 15) is 40.5 Å². The Kier molecular flexibility index (Phi) is 7.27. The monoisotopic (exact) mass is 383 g/mol. The molecule has 2 fully saturated rings. The van der Waals surface area contributed by atoms with Gasteiger partial charge in [0.1, 0.15) is 48.8 Å². The second-order valence-corrected chi connectivity index (χ2v) is 6.26. The molecule has 12 heteroatoms. The van der Waals surface area contributed by atoms with Crippen molar-refractivity contribution >= 4 is 5.91 Å². The Labute approximate surface area is 148 Å². The lowest BCUT2D eigenvalue weighted by molar-refractivity contribution is -0.341. The topological polar surface area (TPSA) is 198 Å². The van der Waals surface area contributed by atoms with Crippen LogP contribution in [-0.2, 0) is 19.0 Å². The van der Waals surface area contributed by atoms with Crippen LogP contribution in [0.4, 0.5) is 0 Å². The van der Waals surface area contributed by atoms with Gasteiger partial charge in [0, 0.05) is 6.92 Å². The molecule has 12 nitrogen and oxygen atoms in total. The summed E-state index contributed by atoms with van der Waals surface area (Å²) in [5.41, 5.74) is 0. The molecular formula is C14H25NO11. The molecule has 0 aromatic rings. The summed E-state index contributed by atoms with van der Waals surface area (Å²) in [5.74, 6) is -0.581. The third-order valence-electron chi connectivity index (χ3n) is 4.38. The Balaban J connectivity index is 2.22. The molecule has 2 rings (SSSR count). The van der Waals surface area contributed by atoms with Crippen LogP contribution < -0.4 is 5.32 Å². The van der Waals surface area contributed by atoms with Crippen molar-refractivity contribution in [3.05, 3.63) is 0 Å². The van der Waals surface area contributed by atoms with Crippen molar-refractivity contribution in [2.75, 3.05) is 13.2 Å². The summed E-state index contributed by atoms with van der Waals surface area (Å²) >= 11 is 0. The third-order valence-corrected chi connectivity index (χ3v) is 4.38. The SMILES string of the molecule is CC(=O)NC1[C@H](O[C@@H]2C(O)[C@H](O)OC(CO)[C@@H]2O)OC(CO)[C@H](O)[C@@H]1O. The van der Waals surface area contributed by atoms with Crippen molar-refractivity contribution in [2.45, 2.75) is 68.3 Å². The first-order valence-electron chi connectivity index (χ1n) is 8.06. The number of nitrogens with one attached hydrogen (secondary N) is 1. The van der Waals surface area contributed by atoms with E-state index in [1.807, 2.05) is 0 Å². The van der Waals surface area contributed by atoms with Crippen LogP contribution in [0.15, 0.2) is 0 Å². The smallest absolute Gasteiger partial charge is 0.217 e. The number of hydrogen-bond donors (Lipinski definition) is 8. The van der Waals surface area contributed by atoms with Gasteiger partial charge in [-0.15, -0.1) is 0 Å². The van der Waals surface area contributed by atoms with Crippen molar-refractivity contribution in [1.29, 1.82) is 0 Å². The summed E-state index contributed by atoms with van der Waals surface area (Å²) in [4.78, 5) is 11.4. The summed E-state index contributed by atoms with van der Waals surface area (Å²) in [5, 5.41) is 70.8. The molecule has 0 spiro atoms. The fourth-order valence-corrected chi connectivity index (χ4v) is 2.97. The summed E-state index contributed by atoms with van der Waals surface area (Å²) in [6.07, 6.45) is -13.7. The van der Waals surface area contributed by atoms with Gasteiger partial charge in [-0.3, -0.25) is 4.79 Å². The predicted molar refractivity (Wildman–Crippen MR) is 80.2 cm³/mol. The minimum Gasteiger partial charge on any atom is -0.394 e. The summed E-state index contributed by atoms with van der Waals surface area (Å²) in [7, 11) is 0. The molecule has 10 atom stereocenters. The van der Waals surface area contributed by atoms with Crippen LogP contribution in [0.3, 0.4) is 0 Å². The second-order valence-electron chi connectivity index (χ2n) is 6.26. The van der Waals surface area contributed by atoms with Gasteiger partial charge in [-0.2, -0.15) is 0 Å². The van der Waals surface area contributed by atoms with Gasteiger partial charge in [-0.05, 0) is 0 Å². The third kappa shape index (κ3) is 4.31. The summed E-state index contributed by atoms with van der Waals surface area (Å²) in [6, 6.07) is -1.29. The maximum Gasteiger partial charge on any atom is 0.217 e. The highest BCUT2D eigenvalue weighted by atomic mass is 16.7. The highest BCUT2D eigenvalue weighted by Crippen LogP contribution is 2.28. The minimum atomic E-state index is -1.77. The molecule has 152 valence electrons. The Morgan fingerprint density at radius 1 is 0.923 bits per heavy atom. The van der Waals surface area contributed by atoms with Gasteiger partial charge in [-0.1, -0.05) is 0 Å². The molecule has 0 bridgehead atoms. The van der Waals surface area contributed by atoms with Crippen molar-refractivity contribution < 1.29 is 54.8 Å². The largest absolute Gasteiger partial charge is 0.394 e. The maximum atomic E-state index is 11.4. The standard InChI is InChI=1S/C14H25NO11/c1-4(18)15-7-10(21)8(19)5(2-16)25-14(7)26-12-9(20)6(3-17)24-13(23)11(12)22/h5-14,16-17,19-23H,2-3H2,1H3,(H,15,18)/t5?,6?,7?,8-,9-,10+,11?,12-,13+,14-/m0/s1. The number of ether oxygens (including phenoxy) is 3. The van der Waals surface area contributed by atoms with E-state index < -0.39 is 80.5 Å². The molecule has 0 aliphatic carbocycles. The van der Waals surface area contributed by atoms with E-state index in [1.54, 1.807) is 0 Å². The molecule has 8 N–H and O–H groups in total. The van der Waals surface area contributed by atoms with Crippen LogP contribution in [0.1, 0.15) is 6.92 Å². The lowest BCUT2D eigenvalue weighted by Crippen LogP contribution is -2.67. The van der Waals surface area contributed by atoms with Crippen LogP contribution in [-0.4, -0.2) is 116 Å². The Morgan fingerprint density at radius 3 is 2.04 bits per heavy atom. The zero-order valence-corrected chi connectivity index (χ0v) is 14.0. The van der Waals surface area contributed by atoms with Crippen LogP contribution in [0.2, 0.25) is 0 Å². The second kappa shape index (κ2) is 8.84. The fourth-order valence-electron chi connectivity index (χ4n) is 2.97. The molecule has 2 saturated heterocycles. The van der Waals surface area contributed by atoms with Crippen LogP contribution in [0.5, 0.6) is 0 Å². The molecule has 0 radical (unpaired) electrons. The Hall–Kier alpha value is -0.930. The van der Waals surface area contributed by atoms with Crippen LogP contribution in [0.25, 0.3) is 0 Å². The molecule has 0 aromatic heterocycles. The number of amides is 1. The van der Waals surface area contributed by atoms with Gasteiger partial charge >= 0.3 is 0 Å². The number of aliphatic hydroxyl groups excluding tert-OH is 7. The fraction of sp³-hybridized carbons (Fsp3) is 0.929. The first-order chi connectivity index (χ1) is 12.2. The van der Waals surface area contributed by atoms with Crippen molar-refractivity contribution in [1.82, 2.24) is 5.32 Å². The molecule has 2 heterocycles. The summed E-state index contributed by atoms with van der Waals surface area (Å²) in [6.45, 7) is -0.199. The lowest BCUT2D eigenvalue weighted by atomic mass is 9.95. The van der Waals surface area contributed by atoms with E-state index in [0.717, 1.165) is 6.92 Å². The van der Waals surface area contributed by atoms with Gasteiger partial charge in [0.2, 0.25) is 5.91 Å². The quantitative estimate of drug-likeness (QED) is 0.226. The van der Waals surface area contributed by atoms with Crippen molar-refractivity contribution in [2.24, 2.45) is 0 Å². The van der Waals surface area contributed by atoms with Crippen LogP contribution >= 0.6 is 0 Å². The highest BCUT2D eigenvalue weighted by Gasteiger charge is 2.50. The predicted octanol–water partition coefficient (Wildman–Crippen LogP) is -5.25. The van der Waals surface area contributed by atoms with Gasteiger partial charge < -0.3 is 55.3 Å². The molecule has 0 aromatic carbocycles. The Bertz CT molecular complexity index is 480. The first kappa shape index (κ1) is 21.4. The molecule has 2 aliphatic rings. The van der Waals surface area contributed by atoms with E-state index in [0.29, 0.717) is 0 Å². The molecule has 26 heavy (non-hydrogen) atoms. The lowest BCUT2D eigenvalue weighted by Gasteiger charge is -2.46. The van der Waals surface area contributed by atoms with E-state index in [1.165, 1.54) is 0 Å². The van der Waals surface area contributed by atoms with Crippen molar-refractivity contribution in [3.8, 4) is 0 Å². The molecule has 4 unspecified atom stereocenters. The molecule has 0 saturated carbocycles. The van der Waals surface area contributed by atoms with Gasteiger partial charge in [0.15, 0.2) is 12.6 Å². The highest BCUT2D eigenvalue weighted by molar-refractivity contribution is 5.73. The average Bonchev–Trinajstić information content (AvgIpc) is 2.60. The number of rotatable bonds is 5. The normalized spacial score (nSPS) is 46.8. The Morgan fingerprint density at radius 2 is 1.50 bits per heavy atom. The van der Waals surface area contributed by atoms with E-state index in [2.05, 4.69) is 5.32 Å². The maximum absolute atomic E-state index is 11.4. The van der Waals surface area contributed by atoms with Gasteiger partial charge in [-0.25, -0.2) is 0 Å². The number of carbonyl (C=O) groups is 1. The van der Waals surface area contributed by atoms with E-state index >= 15 is 0 Å². The first-order valence-corrected chi connectivity index (χ1v) is 8.06. The average molecular weight is 383 g/mol. The number of hydrogen-bond acceptors (Lipinski definition) is 11. The number of carbonyl (C=O) groups excluding carboxylic acids is 1. The van der Waals surface area contributed by atoms with E-state index in [-0.39, 0.29) is 0 Å². The van der Waals surface area contributed by atoms with E-state index in [4.69, 9.17) is 14.2 Å². The molecular weight excluding hydrogens is 358 g/mol. The van der Waals surface area contributed by atoms with Gasteiger partial charge in [0.05, 0.1) is 13.2 Å². The minimum absolute atomic E-state index is 0.581. The zero-order chi connectivity index (χ0) is 19.6. The van der Waals surface area contributed by atoms with Crippen LogP contribution in [0, 0.1) is 0 Å². The summed E-state index contributed by atoms with van der Waals surface area (Å²) < 4.78 is 15.6. The van der Waals surface area contributed by atoms with Crippen molar-refractivity contribution in [3.63, 3.8) is 0 Å². The number of aliphatic hydroxyl groups is 7.